The monoisotopic (exact) mass is 166 g/mol. The first kappa shape index (κ1) is 14.5. The van der Waals surface area contributed by atoms with E-state index in [1.807, 2.05) is 0 Å². The van der Waals surface area contributed by atoms with Gasteiger partial charge in [-0.05, 0) is 6.42 Å². The smallest absolute Gasteiger partial charge is 0.396 e. The van der Waals surface area contributed by atoms with Gasteiger partial charge in [0.2, 0.25) is 0 Å². The standard InChI is InChI=1S/C9H19O.Na/c1-3-5-6-7-8-9(10)4-2;/h9-10H,2-8H2,1H3;/q-1;+1. The van der Waals surface area contributed by atoms with E-state index < -0.39 is 0 Å². The summed E-state index contributed by atoms with van der Waals surface area (Å²) < 4.78 is 0. The molecule has 0 spiro atoms. The van der Waals surface area contributed by atoms with Crippen molar-refractivity contribution in [2.24, 2.45) is 0 Å². The molecule has 0 heterocycles. The van der Waals surface area contributed by atoms with E-state index in [0.717, 1.165) is 12.8 Å². The van der Waals surface area contributed by atoms with Crippen molar-refractivity contribution in [2.75, 3.05) is 0 Å². The molecule has 0 fully saturated rings. The fourth-order valence-corrected chi connectivity index (χ4v) is 0.951. The van der Waals surface area contributed by atoms with Crippen molar-refractivity contribution < 1.29 is 34.7 Å². The molecule has 0 radical (unpaired) electrons. The van der Waals surface area contributed by atoms with Gasteiger partial charge in [-0.2, -0.15) is 6.42 Å². The third-order valence-electron chi connectivity index (χ3n) is 1.72. The van der Waals surface area contributed by atoms with Crippen LogP contribution in [0.1, 0.15) is 45.4 Å². The quantitative estimate of drug-likeness (QED) is 0.322. The normalized spacial score (nSPS) is 12.3. The van der Waals surface area contributed by atoms with E-state index in [1.165, 1.54) is 19.3 Å². The van der Waals surface area contributed by atoms with Crippen LogP contribution in [0.3, 0.4) is 0 Å². The molecule has 0 rings (SSSR count). The Morgan fingerprint density at radius 2 is 1.91 bits per heavy atom. The van der Waals surface area contributed by atoms with Crippen molar-refractivity contribution in [3.05, 3.63) is 6.92 Å². The zero-order valence-corrected chi connectivity index (χ0v) is 9.97. The molecule has 0 saturated carbocycles. The average molecular weight is 166 g/mol. The molecular formula is C9H19NaO. The SMILES string of the molecule is [CH2-]CC(O)CCCCCC.[Na+]. The maximum atomic E-state index is 9.09. The first-order chi connectivity index (χ1) is 4.81. The van der Waals surface area contributed by atoms with Crippen LogP contribution in [0, 0.1) is 6.92 Å². The zero-order chi connectivity index (χ0) is 7.82. The van der Waals surface area contributed by atoms with E-state index in [2.05, 4.69) is 13.8 Å². The Bertz CT molecular complexity index is 66.6. The molecule has 1 N–H and O–H groups in total. The van der Waals surface area contributed by atoms with Gasteiger partial charge in [0, 0.05) is 6.10 Å². The van der Waals surface area contributed by atoms with Gasteiger partial charge in [-0.1, -0.05) is 32.6 Å². The second-order valence-corrected chi connectivity index (χ2v) is 2.79. The van der Waals surface area contributed by atoms with Gasteiger partial charge in [0.15, 0.2) is 0 Å². The van der Waals surface area contributed by atoms with Crippen LogP contribution < -0.4 is 29.6 Å². The van der Waals surface area contributed by atoms with Crippen LogP contribution in [0.4, 0.5) is 0 Å². The van der Waals surface area contributed by atoms with Gasteiger partial charge >= 0.3 is 29.6 Å². The molecule has 0 aromatic rings. The van der Waals surface area contributed by atoms with Crippen molar-refractivity contribution >= 4 is 0 Å². The number of hydrogen-bond donors (Lipinski definition) is 1. The summed E-state index contributed by atoms with van der Waals surface area (Å²) in [6.45, 7) is 5.83. The Hall–Kier alpha value is 0.960. The first-order valence-corrected chi connectivity index (χ1v) is 4.28. The summed E-state index contributed by atoms with van der Waals surface area (Å²) in [7, 11) is 0. The van der Waals surface area contributed by atoms with Gasteiger partial charge in [-0.25, -0.2) is 0 Å². The molecule has 11 heavy (non-hydrogen) atoms. The molecule has 0 aromatic heterocycles. The third-order valence-corrected chi connectivity index (χ3v) is 1.72. The van der Waals surface area contributed by atoms with Crippen LogP contribution >= 0.6 is 0 Å². The molecule has 1 atom stereocenters. The topological polar surface area (TPSA) is 20.2 Å². The average Bonchev–Trinajstić information content (AvgIpc) is 1.98. The molecule has 62 valence electrons. The van der Waals surface area contributed by atoms with Gasteiger partial charge < -0.3 is 12.0 Å². The van der Waals surface area contributed by atoms with Crippen molar-refractivity contribution in [1.82, 2.24) is 0 Å². The van der Waals surface area contributed by atoms with Crippen LogP contribution in [-0.4, -0.2) is 11.2 Å². The van der Waals surface area contributed by atoms with E-state index in [0.29, 0.717) is 6.42 Å². The van der Waals surface area contributed by atoms with Gasteiger partial charge in [0.05, 0.1) is 0 Å². The Morgan fingerprint density at radius 3 is 2.36 bits per heavy atom. The second-order valence-electron chi connectivity index (χ2n) is 2.79. The summed E-state index contributed by atoms with van der Waals surface area (Å²) in [5.74, 6) is 0. The van der Waals surface area contributed by atoms with Crippen molar-refractivity contribution in [1.29, 1.82) is 0 Å². The maximum absolute atomic E-state index is 9.09. The summed E-state index contributed by atoms with van der Waals surface area (Å²) >= 11 is 0. The van der Waals surface area contributed by atoms with E-state index >= 15 is 0 Å². The largest absolute Gasteiger partial charge is 1.00 e. The minimum Gasteiger partial charge on any atom is -0.396 e. The number of hydrogen-bond acceptors (Lipinski definition) is 1. The van der Waals surface area contributed by atoms with E-state index in [4.69, 9.17) is 5.11 Å². The van der Waals surface area contributed by atoms with Gasteiger partial charge in [-0.3, -0.25) is 0 Å². The molecule has 0 aliphatic carbocycles. The fraction of sp³-hybridized carbons (Fsp3) is 0.889. The first-order valence-electron chi connectivity index (χ1n) is 4.28. The molecule has 1 nitrogen and oxygen atoms in total. The molecule has 0 amide bonds. The van der Waals surface area contributed by atoms with Crippen LogP contribution in [0.5, 0.6) is 0 Å². The Morgan fingerprint density at radius 1 is 1.27 bits per heavy atom. The molecular weight excluding hydrogens is 147 g/mol. The minimum atomic E-state index is -0.156. The molecule has 0 aliphatic rings. The predicted octanol–water partition coefficient (Wildman–Crippen LogP) is -0.454. The number of rotatable bonds is 6. The fourth-order valence-electron chi connectivity index (χ4n) is 0.951. The molecule has 2 heteroatoms. The maximum Gasteiger partial charge on any atom is 1.00 e. The zero-order valence-electron chi connectivity index (χ0n) is 7.97. The Balaban J connectivity index is 0. The summed E-state index contributed by atoms with van der Waals surface area (Å²) in [5, 5.41) is 9.09. The number of aliphatic hydroxyl groups is 1. The molecule has 0 saturated heterocycles. The molecule has 0 aliphatic heterocycles. The Labute approximate surface area is 92.9 Å². The summed E-state index contributed by atoms with van der Waals surface area (Å²) in [4.78, 5) is 0. The molecule has 0 aromatic carbocycles. The van der Waals surface area contributed by atoms with Crippen LogP contribution in [0.25, 0.3) is 0 Å². The van der Waals surface area contributed by atoms with E-state index in [1.54, 1.807) is 0 Å². The van der Waals surface area contributed by atoms with Crippen molar-refractivity contribution in [3.8, 4) is 0 Å². The summed E-state index contributed by atoms with van der Waals surface area (Å²) in [6.07, 6.45) is 6.41. The third kappa shape index (κ3) is 11.0. The molecule has 0 bridgehead atoms. The van der Waals surface area contributed by atoms with Crippen LogP contribution in [-0.2, 0) is 0 Å². The summed E-state index contributed by atoms with van der Waals surface area (Å²) in [5.41, 5.74) is 0. The summed E-state index contributed by atoms with van der Waals surface area (Å²) in [6, 6.07) is 0. The number of aliphatic hydroxyl groups excluding tert-OH is 1. The number of unbranched alkanes of at least 4 members (excludes halogenated alkanes) is 3. The van der Waals surface area contributed by atoms with Crippen molar-refractivity contribution in [3.63, 3.8) is 0 Å². The van der Waals surface area contributed by atoms with Crippen LogP contribution in [0.15, 0.2) is 0 Å². The van der Waals surface area contributed by atoms with Gasteiger partial charge in [0.25, 0.3) is 0 Å². The van der Waals surface area contributed by atoms with Crippen LogP contribution in [0.2, 0.25) is 0 Å². The van der Waals surface area contributed by atoms with E-state index in [9.17, 15) is 0 Å². The predicted molar refractivity (Wildman–Crippen MR) is 44.7 cm³/mol. The second kappa shape index (κ2) is 11.0. The molecule has 1 unspecified atom stereocenters. The van der Waals surface area contributed by atoms with E-state index in [-0.39, 0.29) is 35.7 Å². The van der Waals surface area contributed by atoms with Gasteiger partial charge in [0.1, 0.15) is 0 Å². The van der Waals surface area contributed by atoms with Gasteiger partial charge in [-0.15, -0.1) is 0 Å². The van der Waals surface area contributed by atoms with Crippen molar-refractivity contribution in [2.45, 2.75) is 51.6 Å². The Kier molecular flexibility index (Phi) is 14.4. The minimum absolute atomic E-state index is 0.